The molecule has 0 bridgehead atoms. The zero-order valence-electron chi connectivity index (χ0n) is 10.9. The highest BCUT2D eigenvalue weighted by molar-refractivity contribution is 5.44. The maximum atomic E-state index is 4.53. The van der Waals surface area contributed by atoms with E-state index in [1.54, 1.807) is 0 Å². The zero-order chi connectivity index (χ0) is 12.1. The lowest BCUT2D eigenvalue weighted by Crippen LogP contribution is -2.17. The minimum absolute atomic E-state index is 0.819. The number of hydrogen-bond acceptors (Lipinski definition) is 3. The summed E-state index contributed by atoms with van der Waals surface area (Å²) < 4.78 is 0. The molecule has 1 fully saturated rings. The maximum absolute atomic E-state index is 4.53. The predicted octanol–water partition coefficient (Wildman–Crippen LogP) is 3.36. The number of nitrogens with one attached hydrogen (secondary N) is 2. The first-order chi connectivity index (χ1) is 8.29. The Morgan fingerprint density at radius 2 is 2.00 bits per heavy atom. The van der Waals surface area contributed by atoms with Crippen LogP contribution in [0.25, 0.3) is 0 Å². The van der Waals surface area contributed by atoms with Crippen LogP contribution in [0.15, 0.2) is 18.2 Å². The molecule has 17 heavy (non-hydrogen) atoms. The maximum Gasteiger partial charge on any atom is 0.128 e. The summed E-state index contributed by atoms with van der Waals surface area (Å²) in [5.41, 5.74) is 0. The molecule has 1 aliphatic rings. The first-order valence-electron chi connectivity index (χ1n) is 6.74. The van der Waals surface area contributed by atoms with Crippen molar-refractivity contribution in [3.8, 4) is 0 Å². The molecule has 1 aliphatic carbocycles. The SMILES string of the molecule is CCNc1cccc(NCC2CCCC2C)n1. The zero-order valence-corrected chi connectivity index (χ0v) is 10.9. The molecule has 1 aromatic heterocycles. The molecule has 0 radical (unpaired) electrons. The third kappa shape index (κ3) is 3.35. The van der Waals surface area contributed by atoms with E-state index in [1.807, 2.05) is 18.2 Å². The second-order valence-electron chi connectivity index (χ2n) is 4.99. The molecule has 0 saturated heterocycles. The van der Waals surface area contributed by atoms with E-state index < -0.39 is 0 Å². The molecule has 2 unspecified atom stereocenters. The molecule has 2 atom stereocenters. The van der Waals surface area contributed by atoms with Crippen LogP contribution in [0.1, 0.15) is 33.1 Å². The van der Waals surface area contributed by atoms with Crippen LogP contribution in [0.5, 0.6) is 0 Å². The Morgan fingerprint density at radius 1 is 1.24 bits per heavy atom. The molecule has 0 spiro atoms. The largest absolute Gasteiger partial charge is 0.370 e. The van der Waals surface area contributed by atoms with Gasteiger partial charge in [-0.3, -0.25) is 0 Å². The van der Waals surface area contributed by atoms with Gasteiger partial charge in [0, 0.05) is 13.1 Å². The molecule has 2 N–H and O–H groups in total. The highest BCUT2D eigenvalue weighted by atomic mass is 15.1. The van der Waals surface area contributed by atoms with Gasteiger partial charge in [0.1, 0.15) is 11.6 Å². The molecule has 2 rings (SSSR count). The average Bonchev–Trinajstić information content (AvgIpc) is 2.73. The Balaban J connectivity index is 1.87. The van der Waals surface area contributed by atoms with Crippen LogP contribution >= 0.6 is 0 Å². The normalized spacial score (nSPS) is 23.6. The van der Waals surface area contributed by atoms with Gasteiger partial charge in [-0.05, 0) is 37.3 Å². The van der Waals surface area contributed by atoms with E-state index >= 15 is 0 Å². The van der Waals surface area contributed by atoms with E-state index in [4.69, 9.17) is 0 Å². The van der Waals surface area contributed by atoms with E-state index in [0.717, 1.165) is 36.6 Å². The lowest BCUT2D eigenvalue weighted by atomic mass is 9.98. The highest BCUT2D eigenvalue weighted by Crippen LogP contribution is 2.31. The van der Waals surface area contributed by atoms with Crippen molar-refractivity contribution in [2.75, 3.05) is 23.7 Å². The Kier molecular flexibility index (Phi) is 4.24. The van der Waals surface area contributed by atoms with Gasteiger partial charge in [0.25, 0.3) is 0 Å². The van der Waals surface area contributed by atoms with Crippen LogP contribution in [0.2, 0.25) is 0 Å². The highest BCUT2D eigenvalue weighted by Gasteiger charge is 2.22. The molecule has 1 heterocycles. The first-order valence-corrected chi connectivity index (χ1v) is 6.74. The van der Waals surface area contributed by atoms with Gasteiger partial charge in [-0.25, -0.2) is 4.98 Å². The van der Waals surface area contributed by atoms with Gasteiger partial charge in [-0.1, -0.05) is 25.8 Å². The van der Waals surface area contributed by atoms with E-state index in [9.17, 15) is 0 Å². The Hall–Kier alpha value is -1.25. The first kappa shape index (κ1) is 12.2. The van der Waals surface area contributed by atoms with E-state index in [0.29, 0.717) is 0 Å². The van der Waals surface area contributed by atoms with Crippen molar-refractivity contribution in [3.05, 3.63) is 18.2 Å². The lowest BCUT2D eigenvalue weighted by Gasteiger charge is -2.16. The van der Waals surface area contributed by atoms with E-state index in [-0.39, 0.29) is 0 Å². The van der Waals surface area contributed by atoms with E-state index in [2.05, 4.69) is 29.5 Å². The number of nitrogens with zero attached hydrogens (tertiary/aromatic N) is 1. The van der Waals surface area contributed by atoms with Gasteiger partial charge in [0.05, 0.1) is 0 Å². The quantitative estimate of drug-likeness (QED) is 0.818. The average molecular weight is 233 g/mol. The van der Waals surface area contributed by atoms with Crippen molar-refractivity contribution in [3.63, 3.8) is 0 Å². The number of anilines is 2. The van der Waals surface area contributed by atoms with Gasteiger partial charge in [0.2, 0.25) is 0 Å². The van der Waals surface area contributed by atoms with Crippen molar-refractivity contribution in [2.24, 2.45) is 11.8 Å². The van der Waals surface area contributed by atoms with E-state index in [1.165, 1.54) is 19.3 Å². The minimum Gasteiger partial charge on any atom is -0.370 e. The molecular weight excluding hydrogens is 210 g/mol. The van der Waals surface area contributed by atoms with Crippen molar-refractivity contribution < 1.29 is 0 Å². The van der Waals surface area contributed by atoms with Gasteiger partial charge in [-0.2, -0.15) is 0 Å². The molecule has 1 saturated carbocycles. The standard InChI is InChI=1S/C14H23N3/c1-3-15-13-8-5-9-14(17-13)16-10-12-7-4-6-11(12)2/h5,8-9,11-12H,3-4,6-7,10H2,1-2H3,(H2,15,16,17). The summed E-state index contributed by atoms with van der Waals surface area (Å²) in [5.74, 6) is 3.62. The molecule has 0 amide bonds. The fourth-order valence-electron chi connectivity index (χ4n) is 2.57. The Labute approximate surface area is 104 Å². The van der Waals surface area contributed by atoms with Crippen LogP contribution in [-0.4, -0.2) is 18.1 Å². The van der Waals surface area contributed by atoms with Crippen LogP contribution in [-0.2, 0) is 0 Å². The molecule has 3 nitrogen and oxygen atoms in total. The van der Waals surface area contributed by atoms with Crippen LogP contribution in [0.4, 0.5) is 11.6 Å². The van der Waals surface area contributed by atoms with Crippen molar-refractivity contribution >= 4 is 11.6 Å². The number of pyridine rings is 1. The molecule has 1 aromatic rings. The molecule has 3 heteroatoms. The summed E-state index contributed by atoms with van der Waals surface area (Å²) in [6.07, 6.45) is 4.14. The summed E-state index contributed by atoms with van der Waals surface area (Å²) in [6.45, 7) is 6.42. The monoisotopic (exact) mass is 233 g/mol. The Bertz CT molecular complexity index is 351. The van der Waals surface area contributed by atoms with Crippen molar-refractivity contribution in [1.82, 2.24) is 4.98 Å². The Morgan fingerprint density at radius 3 is 2.65 bits per heavy atom. The molecular formula is C14H23N3. The minimum atomic E-state index is 0.819. The van der Waals surface area contributed by atoms with Gasteiger partial charge < -0.3 is 10.6 Å². The number of hydrogen-bond donors (Lipinski definition) is 2. The van der Waals surface area contributed by atoms with Crippen LogP contribution in [0, 0.1) is 11.8 Å². The van der Waals surface area contributed by atoms with Crippen LogP contribution < -0.4 is 10.6 Å². The van der Waals surface area contributed by atoms with Gasteiger partial charge >= 0.3 is 0 Å². The summed E-state index contributed by atoms with van der Waals surface area (Å²) >= 11 is 0. The molecule has 94 valence electrons. The fraction of sp³-hybridized carbons (Fsp3) is 0.643. The van der Waals surface area contributed by atoms with Crippen molar-refractivity contribution in [2.45, 2.75) is 33.1 Å². The smallest absolute Gasteiger partial charge is 0.128 e. The van der Waals surface area contributed by atoms with Crippen LogP contribution in [0.3, 0.4) is 0 Å². The van der Waals surface area contributed by atoms with Crippen molar-refractivity contribution in [1.29, 1.82) is 0 Å². The third-order valence-corrected chi connectivity index (χ3v) is 3.69. The summed E-state index contributed by atoms with van der Waals surface area (Å²) in [4.78, 5) is 4.53. The summed E-state index contributed by atoms with van der Waals surface area (Å²) in [5, 5.41) is 6.70. The number of rotatable bonds is 5. The second kappa shape index (κ2) is 5.89. The third-order valence-electron chi connectivity index (χ3n) is 3.69. The van der Waals surface area contributed by atoms with Gasteiger partial charge in [-0.15, -0.1) is 0 Å². The lowest BCUT2D eigenvalue weighted by molar-refractivity contribution is 0.439. The fourth-order valence-corrected chi connectivity index (χ4v) is 2.57. The summed E-state index contributed by atoms with van der Waals surface area (Å²) in [7, 11) is 0. The molecule has 0 aromatic carbocycles. The summed E-state index contributed by atoms with van der Waals surface area (Å²) in [6, 6.07) is 6.10. The predicted molar refractivity (Wildman–Crippen MR) is 73.4 cm³/mol. The molecule has 0 aliphatic heterocycles. The topological polar surface area (TPSA) is 37.0 Å². The second-order valence-corrected chi connectivity index (χ2v) is 4.99. The van der Waals surface area contributed by atoms with Gasteiger partial charge in [0.15, 0.2) is 0 Å². The number of aromatic nitrogens is 1.